The Kier molecular flexibility index (Phi) is 5.39. The Morgan fingerprint density at radius 3 is 2.57 bits per heavy atom. The van der Waals surface area contributed by atoms with Crippen LogP contribution in [0.5, 0.6) is 0 Å². The molecule has 0 saturated heterocycles. The summed E-state index contributed by atoms with van der Waals surface area (Å²) in [7, 11) is 3.26. The molecule has 0 aliphatic rings. The second kappa shape index (κ2) is 7.75. The molecular formula is C20H21FN4O3. The molecule has 0 radical (unpaired) electrons. The molecule has 3 aromatic rings. The van der Waals surface area contributed by atoms with Crippen LogP contribution in [-0.4, -0.2) is 58.9 Å². The highest BCUT2D eigenvalue weighted by molar-refractivity contribution is 6.07. The fourth-order valence-corrected chi connectivity index (χ4v) is 2.87. The van der Waals surface area contributed by atoms with Gasteiger partial charge in [-0.25, -0.2) is 9.37 Å². The van der Waals surface area contributed by atoms with E-state index in [4.69, 9.17) is 4.52 Å². The van der Waals surface area contributed by atoms with E-state index in [2.05, 4.69) is 10.1 Å². The van der Waals surface area contributed by atoms with Crippen LogP contribution in [0.1, 0.15) is 23.0 Å². The van der Waals surface area contributed by atoms with Crippen molar-refractivity contribution in [3.8, 4) is 11.3 Å². The third kappa shape index (κ3) is 3.58. The number of likely N-dealkylation sites (N-methyl/N-ethyl adjacent to an activating group) is 2. The van der Waals surface area contributed by atoms with Crippen molar-refractivity contribution in [3.05, 3.63) is 47.4 Å². The number of pyridine rings is 1. The Labute approximate surface area is 161 Å². The van der Waals surface area contributed by atoms with Crippen molar-refractivity contribution in [1.29, 1.82) is 0 Å². The number of hydrogen-bond acceptors (Lipinski definition) is 5. The number of carbonyl (C=O) groups excluding carboxylic acids is 2. The summed E-state index contributed by atoms with van der Waals surface area (Å²) >= 11 is 0. The van der Waals surface area contributed by atoms with Crippen LogP contribution >= 0.6 is 0 Å². The van der Waals surface area contributed by atoms with Crippen molar-refractivity contribution in [3.63, 3.8) is 0 Å². The van der Waals surface area contributed by atoms with Gasteiger partial charge in [0.2, 0.25) is 5.91 Å². The summed E-state index contributed by atoms with van der Waals surface area (Å²) in [4.78, 5) is 32.5. The predicted octanol–water partition coefficient (Wildman–Crippen LogP) is 2.89. The number of carbonyl (C=O) groups is 2. The van der Waals surface area contributed by atoms with Crippen molar-refractivity contribution < 1.29 is 18.5 Å². The first-order chi connectivity index (χ1) is 13.3. The smallest absolute Gasteiger partial charge is 0.259 e. The number of halogens is 1. The van der Waals surface area contributed by atoms with Crippen LogP contribution in [0, 0.1) is 12.7 Å². The van der Waals surface area contributed by atoms with E-state index in [1.807, 2.05) is 0 Å². The molecule has 0 aliphatic carbocycles. The number of benzene rings is 1. The zero-order valence-corrected chi connectivity index (χ0v) is 16.2. The molecule has 3 rings (SSSR count). The maximum Gasteiger partial charge on any atom is 0.259 e. The highest BCUT2D eigenvalue weighted by atomic mass is 19.1. The molecule has 28 heavy (non-hydrogen) atoms. The van der Waals surface area contributed by atoms with Crippen molar-refractivity contribution >= 4 is 22.9 Å². The van der Waals surface area contributed by atoms with Crippen molar-refractivity contribution in [1.82, 2.24) is 19.9 Å². The Bertz CT molecular complexity index is 1050. The second-order valence-corrected chi connectivity index (χ2v) is 6.59. The third-order valence-electron chi connectivity index (χ3n) is 4.49. The summed E-state index contributed by atoms with van der Waals surface area (Å²) in [6.45, 7) is 3.76. The van der Waals surface area contributed by atoms with Gasteiger partial charge in [0.25, 0.3) is 11.6 Å². The van der Waals surface area contributed by atoms with Gasteiger partial charge in [-0.15, -0.1) is 0 Å². The molecule has 8 heteroatoms. The van der Waals surface area contributed by atoms with Gasteiger partial charge in [0, 0.05) is 26.2 Å². The Morgan fingerprint density at radius 1 is 1.21 bits per heavy atom. The van der Waals surface area contributed by atoms with Gasteiger partial charge in [0.1, 0.15) is 5.82 Å². The first kappa shape index (κ1) is 19.5. The maximum absolute atomic E-state index is 14.3. The molecule has 7 nitrogen and oxygen atoms in total. The molecule has 0 unspecified atom stereocenters. The number of nitrogens with zero attached hydrogens (tertiary/aromatic N) is 4. The summed E-state index contributed by atoms with van der Waals surface area (Å²) in [5.41, 5.74) is 1.44. The van der Waals surface area contributed by atoms with Crippen molar-refractivity contribution in [2.75, 3.05) is 27.2 Å². The van der Waals surface area contributed by atoms with Crippen LogP contribution in [-0.2, 0) is 4.79 Å². The first-order valence-corrected chi connectivity index (χ1v) is 8.84. The van der Waals surface area contributed by atoms with Crippen molar-refractivity contribution in [2.24, 2.45) is 0 Å². The predicted molar refractivity (Wildman–Crippen MR) is 102 cm³/mol. The van der Waals surface area contributed by atoms with E-state index >= 15 is 0 Å². The number of fused-ring (bicyclic) bond motifs is 1. The van der Waals surface area contributed by atoms with Gasteiger partial charge in [-0.3, -0.25) is 9.59 Å². The van der Waals surface area contributed by atoms with Gasteiger partial charge < -0.3 is 14.3 Å². The second-order valence-electron chi connectivity index (χ2n) is 6.59. The minimum absolute atomic E-state index is 0.0640. The van der Waals surface area contributed by atoms with Gasteiger partial charge >= 0.3 is 0 Å². The van der Waals surface area contributed by atoms with Crippen LogP contribution in [0.15, 0.2) is 34.9 Å². The average molecular weight is 384 g/mol. The third-order valence-corrected chi connectivity index (χ3v) is 4.49. The number of aromatic nitrogens is 2. The first-order valence-electron chi connectivity index (χ1n) is 8.84. The van der Waals surface area contributed by atoms with Crippen LogP contribution in [0.25, 0.3) is 22.4 Å². The summed E-state index contributed by atoms with van der Waals surface area (Å²) in [5, 5.41) is 4.35. The normalized spacial score (nSPS) is 10.9. The fourth-order valence-electron chi connectivity index (χ4n) is 2.87. The Balaban J connectivity index is 2.13. The number of hydrogen-bond donors (Lipinski definition) is 0. The van der Waals surface area contributed by atoms with Crippen LogP contribution in [0.2, 0.25) is 0 Å². The monoisotopic (exact) mass is 384 g/mol. The van der Waals surface area contributed by atoms with Gasteiger partial charge in [0.15, 0.2) is 0 Å². The topological polar surface area (TPSA) is 79.5 Å². The summed E-state index contributed by atoms with van der Waals surface area (Å²) in [5.74, 6) is -1.02. The molecular weight excluding hydrogens is 363 g/mol. The van der Waals surface area contributed by atoms with Gasteiger partial charge in [-0.2, -0.15) is 0 Å². The average Bonchev–Trinajstić information content (AvgIpc) is 3.06. The van der Waals surface area contributed by atoms with Crippen LogP contribution < -0.4 is 0 Å². The van der Waals surface area contributed by atoms with E-state index < -0.39 is 5.82 Å². The minimum Gasteiger partial charge on any atom is -0.347 e. The molecule has 0 saturated carbocycles. The molecule has 0 bridgehead atoms. The quantitative estimate of drug-likeness (QED) is 0.676. The summed E-state index contributed by atoms with van der Waals surface area (Å²) in [6, 6.07) is 7.69. The number of aryl methyl sites for hydroxylation is 1. The highest BCUT2D eigenvalue weighted by Crippen LogP contribution is 2.29. The number of rotatable bonds is 5. The molecule has 2 heterocycles. The zero-order valence-electron chi connectivity index (χ0n) is 16.2. The van der Waals surface area contributed by atoms with E-state index in [-0.39, 0.29) is 40.9 Å². The molecule has 2 amide bonds. The van der Waals surface area contributed by atoms with E-state index in [0.29, 0.717) is 17.6 Å². The number of amides is 2. The molecule has 1 aromatic carbocycles. The summed E-state index contributed by atoms with van der Waals surface area (Å²) < 4.78 is 19.5. The Hall–Kier alpha value is -3.29. The Morgan fingerprint density at radius 2 is 1.93 bits per heavy atom. The molecule has 146 valence electrons. The van der Waals surface area contributed by atoms with Crippen molar-refractivity contribution in [2.45, 2.75) is 13.8 Å². The van der Waals surface area contributed by atoms with E-state index in [1.54, 1.807) is 46.1 Å². The van der Waals surface area contributed by atoms with E-state index in [9.17, 15) is 14.0 Å². The standard InChI is InChI=1S/C20H21FN4O3/c1-5-25(11-17(26)24(3)4)20(27)14-10-16(13-8-6-7-9-15(13)21)22-19-18(14)12(2)23-28-19/h6-10H,5,11H2,1-4H3. The van der Waals surface area contributed by atoms with Gasteiger partial charge in [-0.05, 0) is 32.0 Å². The summed E-state index contributed by atoms with van der Waals surface area (Å²) in [6.07, 6.45) is 0. The molecule has 0 atom stereocenters. The fraction of sp³-hybridized carbons (Fsp3) is 0.300. The molecule has 0 N–H and O–H groups in total. The minimum atomic E-state index is -0.459. The molecule has 0 fully saturated rings. The lowest BCUT2D eigenvalue weighted by molar-refractivity contribution is -0.129. The highest BCUT2D eigenvalue weighted by Gasteiger charge is 2.25. The molecule has 0 spiro atoms. The van der Waals surface area contributed by atoms with Gasteiger partial charge in [-0.1, -0.05) is 17.3 Å². The largest absolute Gasteiger partial charge is 0.347 e. The van der Waals surface area contributed by atoms with E-state index in [0.717, 1.165) is 0 Å². The lowest BCUT2D eigenvalue weighted by atomic mass is 10.0. The molecule has 2 aromatic heterocycles. The maximum atomic E-state index is 14.3. The SMILES string of the molecule is CCN(CC(=O)N(C)C)C(=O)c1cc(-c2ccccc2F)nc2onc(C)c12. The van der Waals surface area contributed by atoms with Crippen LogP contribution in [0.3, 0.4) is 0 Å². The zero-order chi connectivity index (χ0) is 20.4. The van der Waals surface area contributed by atoms with Crippen LogP contribution in [0.4, 0.5) is 4.39 Å². The lowest BCUT2D eigenvalue weighted by Gasteiger charge is -2.22. The van der Waals surface area contributed by atoms with E-state index in [1.165, 1.54) is 21.9 Å². The molecule has 0 aliphatic heterocycles. The van der Waals surface area contributed by atoms with Gasteiger partial charge in [0.05, 0.1) is 28.9 Å². The lowest BCUT2D eigenvalue weighted by Crippen LogP contribution is -2.40.